The first-order valence-electron chi connectivity index (χ1n) is 17.6. The summed E-state index contributed by atoms with van der Waals surface area (Å²) in [5.41, 5.74) is 0.940. The van der Waals surface area contributed by atoms with E-state index in [-0.39, 0.29) is 24.0 Å². The van der Waals surface area contributed by atoms with Crippen molar-refractivity contribution in [3.8, 4) is 0 Å². The second kappa shape index (κ2) is 24.2. The van der Waals surface area contributed by atoms with Gasteiger partial charge in [0, 0.05) is 25.3 Å². The number of hydrogen-bond acceptors (Lipinski definition) is 11. The van der Waals surface area contributed by atoms with Crippen molar-refractivity contribution in [3.05, 3.63) is 29.3 Å². The molecule has 2 aliphatic rings. The minimum Gasteiger partial charge on any atom is -0.382 e. The van der Waals surface area contributed by atoms with Crippen LogP contribution in [0.3, 0.4) is 0 Å². The second-order valence-electron chi connectivity index (χ2n) is 11.8. The van der Waals surface area contributed by atoms with Crippen LogP contribution in [0.5, 0.6) is 0 Å². The molecule has 2 aliphatic heterocycles. The van der Waals surface area contributed by atoms with Gasteiger partial charge in [0.2, 0.25) is 11.8 Å². The maximum Gasteiger partial charge on any atom is 0.264 e. The van der Waals surface area contributed by atoms with Crippen LogP contribution < -0.4 is 10.6 Å². The molecule has 1 saturated heterocycles. The Balaban J connectivity index is 1.08. The van der Waals surface area contributed by atoms with E-state index in [4.69, 9.17) is 28.4 Å². The summed E-state index contributed by atoms with van der Waals surface area (Å²) in [5, 5.41) is 5.34. The molecule has 0 aromatic heterocycles. The third-order valence-electron chi connectivity index (χ3n) is 8.03. The molecule has 13 nitrogen and oxygen atoms in total. The van der Waals surface area contributed by atoms with Crippen LogP contribution >= 0.6 is 0 Å². The first kappa shape index (κ1) is 39.5. The Morgan fingerprint density at radius 2 is 1.19 bits per heavy atom. The Labute approximate surface area is 284 Å². The van der Waals surface area contributed by atoms with E-state index < -0.39 is 29.7 Å². The minimum absolute atomic E-state index is 0.0742. The predicted molar refractivity (Wildman–Crippen MR) is 179 cm³/mol. The smallest absolute Gasteiger partial charge is 0.264 e. The number of carbonyl (C=O) groups is 4. The van der Waals surface area contributed by atoms with Gasteiger partial charge in [-0.3, -0.25) is 29.4 Å². The maximum atomic E-state index is 13.1. The first-order valence-corrected chi connectivity index (χ1v) is 17.6. The van der Waals surface area contributed by atoms with E-state index >= 15 is 0 Å². The number of rotatable bonds is 29. The Morgan fingerprint density at radius 3 is 1.75 bits per heavy atom. The number of carbonyl (C=O) groups excluding carboxylic acids is 4. The van der Waals surface area contributed by atoms with Gasteiger partial charge in [0.15, 0.2) is 0 Å². The fraction of sp³-hybridized carbons (Fsp3) is 0.714. The predicted octanol–water partition coefficient (Wildman–Crippen LogP) is 3.74. The molecule has 1 unspecified atom stereocenters. The normalized spacial score (nSPS) is 16.1. The van der Waals surface area contributed by atoms with Crippen molar-refractivity contribution in [2.75, 3.05) is 91.1 Å². The van der Waals surface area contributed by atoms with E-state index in [2.05, 4.69) is 17.6 Å². The highest BCUT2D eigenvalue weighted by Gasteiger charge is 2.45. The number of nitrogens with zero attached hydrogens (tertiary/aromatic N) is 1. The van der Waals surface area contributed by atoms with Crippen molar-refractivity contribution in [2.24, 2.45) is 0 Å². The number of piperidine rings is 1. The summed E-state index contributed by atoms with van der Waals surface area (Å²) in [5.74, 6) is -2.13. The summed E-state index contributed by atoms with van der Waals surface area (Å²) in [6.07, 6.45) is 10.6. The van der Waals surface area contributed by atoms with Gasteiger partial charge in [0.05, 0.1) is 83.8 Å². The molecule has 2 heterocycles. The summed E-state index contributed by atoms with van der Waals surface area (Å²) in [7, 11) is 0. The number of ether oxygens (including phenoxy) is 6. The molecule has 13 heteroatoms. The third kappa shape index (κ3) is 14.3. The van der Waals surface area contributed by atoms with E-state index in [0.29, 0.717) is 84.9 Å². The Morgan fingerprint density at radius 1 is 0.667 bits per heavy atom. The molecule has 0 aliphatic carbocycles. The van der Waals surface area contributed by atoms with Gasteiger partial charge in [-0.1, -0.05) is 57.9 Å². The number of imide groups is 2. The van der Waals surface area contributed by atoms with Crippen LogP contribution in [-0.4, -0.2) is 120 Å². The number of anilines is 1. The largest absolute Gasteiger partial charge is 0.382 e. The fourth-order valence-electron chi connectivity index (χ4n) is 5.46. The van der Waals surface area contributed by atoms with Crippen LogP contribution in [0, 0.1) is 0 Å². The molecule has 1 aromatic carbocycles. The molecule has 0 bridgehead atoms. The molecule has 1 aromatic rings. The van der Waals surface area contributed by atoms with E-state index in [9.17, 15) is 19.2 Å². The Bertz CT molecular complexity index is 1120. The molecular formula is C35H55N3O10. The lowest BCUT2D eigenvalue weighted by Gasteiger charge is -2.27. The van der Waals surface area contributed by atoms with E-state index in [0.717, 1.165) is 17.9 Å². The van der Waals surface area contributed by atoms with Crippen LogP contribution in [0.15, 0.2) is 18.2 Å². The molecule has 1 fully saturated rings. The van der Waals surface area contributed by atoms with Crippen molar-refractivity contribution in [1.82, 2.24) is 10.2 Å². The summed E-state index contributed by atoms with van der Waals surface area (Å²) in [6.45, 7) is 8.75. The Kier molecular flexibility index (Phi) is 19.9. The topological polar surface area (TPSA) is 151 Å². The van der Waals surface area contributed by atoms with Crippen LogP contribution in [0.25, 0.3) is 0 Å². The monoisotopic (exact) mass is 677 g/mol. The zero-order chi connectivity index (χ0) is 34.2. The fourth-order valence-corrected chi connectivity index (χ4v) is 5.46. The van der Waals surface area contributed by atoms with Crippen molar-refractivity contribution in [2.45, 2.75) is 77.2 Å². The number of fused-ring (bicyclic) bond motifs is 1. The lowest BCUT2D eigenvalue weighted by Crippen LogP contribution is -2.54. The third-order valence-corrected chi connectivity index (χ3v) is 8.03. The molecule has 2 N–H and O–H groups in total. The van der Waals surface area contributed by atoms with Gasteiger partial charge in [-0.25, -0.2) is 0 Å². The minimum atomic E-state index is -1.000. The van der Waals surface area contributed by atoms with Crippen molar-refractivity contribution < 1.29 is 47.6 Å². The summed E-state index contributed by atoms with van der Waals surface area (Å²) < 4.78 is 33.3. The molecule has 0 spiro atoms. The second-order valence-corrected chi connectivity index (χ2v) is 11.8. The van der Waals surface area contributed by atoms with Gasteiger partial charge in [0.25, 0.3) is 11.8 Å². The molecule has 0 saturated carbocycles. The number of nitrogens with one attached hydrogen (secondary N) is 2. The number of amides is 4. The molecule has 1 atom stereocenters. The number of unbranched alkanes of at least 4 members (excludes halogenated alkanes) is 7. The van der Waals surface area contributed by atoms with Crippen LogP contribution in [0.2, 0.25) is 0 Å². The maximum absolute atomic E-state index is 13.1. The van der Waals surface area contributed by atoms with Gasteiger partial charge < -0.3 is 33.7 Å². The molecule has 48 heavy (non-hydrogen) atoms. The van der Waals surface area contributed by atoms with Gasteiger partial charge in [-0.05, 0) is 25.0 Å². The zero-order valence-corrected chi connectivity index (χ0v) is 28.6. The van der Waals surface area contributed by atoms with E-state index in [1.165, 1.54) is 44.9 Å². The standard InChI is InChI=1S/C35H55N3O10/c1-2-3-4-5-6-7-8-9-16-43-18-20-45-22-24-47-26-27-48-25-23-46-21-19-44-17-15-36-29-12-10-11-28-32(29)35(42)38(34(28)41)30-13-14-31(39)37-33(30)40/h10-12,30,36H,2-9,13-27H2,1H3,(H,37,39,40). The Hall–Kier alpha value is -2.94. The van der Waals surface area contributed by atoms with Gasteiger partial charge in [-0.2, -0.15) is 0 Å². The van der Waals surface area contributed by atoms with Gasteiger partial charge in [-0.15, -0.1) is 0 Å². The molecular weight excluding hydrogens is 622 g/mol. The van der Waals surface area contributed by atoms with Crippen LogP contribution in [0.4, 0.5) is 5.69 Å². The first-order chi connectivity index (χ1) is 23.5. The highest BCUT2D eigenvalue weighted by Crippen LogP contribution is 2.32. The summed E-state index contributed by atoms with van der Waals surface area (Å²) in [6, 6.07) is 3.94. The molecule has 0 radical (unpaired) electrons. The van der Waals surface area contributed by atoms with Gasteiger partial charge >= 0.3 is 0 Å². The summed E-state index contributed by atoms with van der Waals surface area (Å²) in [4.78, 5) is 50.8. The number of hydrogen-bond donors (Lipinski definition) is 2. The lowest BCUT2D eigenvalue weighted by molar-refractivity contribution is -0.136. The zero-order valence-electron chi connectivity index (χ0n) is 28.6. The number of benzene rings is 1. The highest BCUT2D eigenvalue weighted by molar-refractivity contribution is 6.25. The van der Waals surface area contributed by atoms with Crippen molar-refractivity contribution in [1.29, 1.82) is 0 Å². The highest BCUT2D eigenvalue weighted by atomic mass is 16.6. The molecule has 4 amide bonds. The van der Waals surface area contributed by atoms with Crippen LogP contribution in [0.1, 0.15) is 91.8 Å². The van der Waals surface area contributed by atoms with Crippen molar-refractivity contribution >= 4 is 29.3 Å². The van der Waals surface area contributed by atoms with Crippen molar-refractivity contribution in [3.63, 3.8) is 0 Å². The molecule has 270 valence electrons. The molecule has 3 rings (SSSR count). The average molecular weight is 678 g/mol. The lowest BCUT2D eigenvalue weighted by atomic mass is 10.0. The van der Waals surface area contributed by atoms with E-state index in [1.807, 2.05) is 0 Å². The van der Waals surface area contributed by atoms with Crippen LogP contribution in [-0.2, 0) is 38.0 Å². The SMILES string of the molecule is CCCCCCCCCCOCCOCCOCCOCCOCCOCCNc1cccc2c1C(=O)N(C1CCC(=O)NC1=O)C2=O. The quantitative estimate of drug-likeness (QED) is 0.0943. The van der Waals surface area contributed by atoms with Gasteiger partial charge in [0.1, 0.15) is 6.04 Å². The van der Waals surface area contributed by atoms with E-state index in [1.54, 1.807) is 18.2 Å². The average Bonchev–Trinajstić information content (AvgIpc) is 3.33. The summed E-state index contributed by atoms with van der Waals surface area (Å²) >= 11 is 0.